The fourth-order valence-electron chi connectivity index (χ4n) is 3.54. The molecule has 1 saturated carbocycles. The standard InChI is InChI=1S/C16H31NO2/c1-4-7-17-16(15-11-18-8-9-19-15)14-6-5-12(2)13(3)10-14/h12-17H,4-11H2,1-3H3. The molecule has 0 aromatic rings. The highest BCUT2D eigenvalue weighted by atomic mass is 16.6. The Morgan fingerprint density at radius 2 is 2.00 bits per heavy atom. The van der Waals surface area contributed by atoms with E-state index in [1.165, 1.54) is 25.7 Å². The van der Waals surface area contributed by atoms with Crippen LogP contribution in [0.15, 0.2) is 0 Å². The molecule has 2 aliphatic rings. The fourth-order valence-corrected chi connectivity index (χ4v) is 3.54. The van der Waals surface area contributed by atoms with Crippen LogP contribution in [0.25, 0.3) is 0 Å². The Morgan fingerprint density at radius 3 is 2.63 bits per heavy atom. The first-order valence-electron chi connectivity index (χ1n) is 8.15. The molecule has 19 heavy (non-hydrogen) atoms. The molecule has 0 bridgehead atoms. The van der Waals surface area contributed by atoms with Gasteiger partial charge in [0.25, 0.3) is 0 Å². The summed E-state index contributed by atoms with van der Waals surface area (Å²) in [4.78, 5) is 0. The molecule has 3 nitrogen and oxygen atoms in total. The molecular formula is C16H31NO2. The summed E-state index contributed by atoms with van der Waals surface area (Å²) in [6.45, 7) is 10.4. The zero-order valence-electron chi connectivity index (χ0n) is 12.9. The van der Waals surface area contributed by atoms with Crippen molar-refractivity contribution in [3.8, 4) is 0 Å². The lowest BCUT2D eigenvalue weighted by molar-refractivity contribution is -0.112. The van der Waals surface area contributed by atoms with Gasteiger partial charge in [-0.05, 0) is 43.6 Å². The Hall–Kier alpha value is -0.120. The van der Waals surface area contributed by atoms with Gasteiger partial charge in [-0.2, -0.15) is 0 Å². The van der Waals surface area contributed by atoms with Crippen LogP contribution >= 0.6 is 0 Å². The van der Waals surface area contributed by atoms with Gasteiger partial charge in [0.05, 0.1) is 25.9 Å². The number of nitrogens with one attached hydrogen (secondary N) is 1. The molecule has 1 heterocycles. The first-order chi connectivity index (χ1) is 9.22. The van der Waals surface area contributed by atoms with Gasteiger partial charge in [-0.3, -0.25) is 0 Å². The molecule has 0 spiro atoms. The molecule has 3 heteroatoms. The lowest BCUT2D eigenvalue weighted by atomic mass is 9.72. The molecule has 1 aliphatic carbocycles. The molecule has 0 aromatic carbocycles. The molecule has 112 valence electrons. The Bertz CT molecular complexity index is 253. The van der Waals surface area contributed by atoms with Gasteiger partial charge in [0, 0.05) is 6.04 Å². The number of rotatable bonds is 5. The Morgan fingerprint density at radius 1 is 1.16 bits per heavy atom. The van der Waals surface area contributed by atoms with Crippen LogP contribution in [0.2, 0.25) is 0 Å². The third kappa shape index (κ3) is 4.17. The van der Waals surface area contributed by atoms with Crippen LogP contribution in [-0.2, 0) is 9.47 Å². The minimum Gasteiger partial charge on any atom is -0.376 e. The average molecular weight is 269 g/mol. The highest BCUT2D eigenvalue weighted by molar-refractivity contribution is 4.89. The molecule has 2 rings (SSSR count). The Labute approximate surface area is 118 Å². The van der Waals surface area contributed by atoms with Crippen LogP contribution in [0, 0.1) is 17.8 Å². The van der Waals surface area contributed by atoms with Gasteiger partial charge in [0.15, 0.2) is 0 Å². The topological polar surface area (TPSA) is 30.5 Å². The van der Waals surface area contributed by atoms with Crippen molar-refractivity contribution in [1.82, 2.24) is 5.32 Å². The zero-order chi connectivity index (χ0) is 13.7. The van der Waals surface area contributed by atoms with Gasteiger partial charge in [-0.15, -0.1) is 0 Å². The zero-order valence-corrected chi connectivity index (χ0v) is 12.9. The van der Waals surface area contributed by atoms with Crippen molar-refractivity contribution in [1.29, 1.82) is 0 Å². The molecule has 1 saturated heterocycles. The van der Waals surface area contributed by atoms with Crippen molar-refractivity contribution < 1.29 is 9.47 Å². The molecule has 0 aromatic heterocycles. The van der Waals surface area contributed by atoms with E-state index in [4.69, 9.17) is 9.47 Å². The third-order valence-corrected chi connectivity index (χ3v) is 5.02. The van der Waals surface area contributed by atoms with Gasteiger partial charge in [0.2, 0.25) is 0 Å². The number of hydrogen-bond donors (Lipinski definition) is 1. The van der Waals surface area contributed by atoms with E-state index < -0.39 is 0 Å². The van der Waals surface area contributed by atoms with Crippen molar-refractivity contribution in [2.24, 2.45) is 17.8 Å². The van der Waals surface area contributed by atoms with Crippen molar-refractivity contribution in [3.05, 3.63) is 0 Å². The monoisotopic (exact) mass is 269 g/mol. The van der Waals surface area contributed by atoms with E-state index >= 15 is 0 Å². The SMILES string of the molecule is CCCNC(C1CCC(C)C(C)C1)C1COCCO1. The quantitative estimate of drug-likeness (QED) is 0.832. The molecule has 5 atom stereocenters. The van der Waals surface area contributed by atoms with Crippen LogP contribution in [-0.4, -0.2) is 38.5 Å². The van der Waals surface area contributed by atoms with Gasteiger partial charge >= 0.3 is 0 Å². The van der Waals surface area contributed by atoms with Gasteiger partial charge < -0.3 is 14.8 Å². The Kier molecular flexibility index (Phi) is 6.11. The molecule has 1 N–H and O–H groups in total. The minimum absolute atomic E-state index is 0.255. The molecule has 0 radical (unpaired) electrons. The summed E-state index contributed by atoms with van der Waals surface area (Å²) < 4.78 is 11.6. The minimum atomic E-state index is 0.255. The number of ether oxygens (including phenoxy) is 2. The fraction of sp³-hybridized carbons (Fsp3) is 1.00. The van der Waals surface area contributed by atoms with Gasteiger partial charge in [-0.1, -0.05) is 27.2 Å². The normalized spacial score (nSPS) is 38.1. The highest BCUT2D eigenvalue weighted by Gasteiger charge is 2.35. The van der Waals surface area contributed by atoms with Crippen LogP contribution in [0.3, 0.4) is 0 Å². The van der Waals surface area contributed by atoms with Crippen molar-refractivity contribution in [3.63, 3.8) is 0 Å². The third-order valence-electron chi connectivity index (χ3n) is 5.02. The number of hydrogen-bond acceptors (Lipinski definition) is 3. The van der Waals surface area contributed by atoms with Crippen LogP contribution in [0.5, 0.6) is 0 Å². The maximum atomic E-state index is 5.96. The lowest BCUT2D eigenvalue weighted by Crippen LogP contribution is -2.52. The predicted molar refractivity (Wildman–Crippen MR) is 78.3 cm³/mol. The average Bonchev–Trinajstić information content (AvgIpc) is 2.44. The summed E-state index contributed by atoms with van der Waals surface area (Å²) in [5.74, 6) is 2.48. The summed E-state index contributed by atoms with van der Waals surface area (Å²) in [6.07, 6.45) is 5.48. The predicted octanol–water partition coefficient (Wildman–Crippen LogP) is 2.84. The second-order valence-electron chi connectivity index (χ2n) is 6.49. The van der Waals surface area contributed by atoms with Crippen LogP contribution < -0.4 is 5.32 Å². The highest BCUT2D eigenvalue weighted by Crippen LogP contribution is 2.36. The molecule has 5 unspecified atom stereocenters. The van der Waals surface area contributed by atoms with Crippen molar-refractivity contribution in [2.75, 3.05) is 26.4 Å². The molecule has 0 amide bonds. The van der Waals surface area contributed by atoms with E-state index in [9.17, 15) is 0 Å². The Balaban J connectivity index is 1.95. The first-order valence-corrected chi connectivity index (χ1v) is 8.15. The van der Waals surface area contributed by atoms with E-state index in [-0.39, 0.29) is 6.10 Å². The first kappa shape index (κ1) is 15.3. The van der Waals surface area contributed by atoms with Gasteiger partial charge in [0.1, 0.15) is 0 Å². The van der Waals surface area contributed by atoms with E-state index in [2.05, 4.69) is 26.1 Å². The molecule has 2 fully saturated rings. The molecule has 1 aliphatic heterocycles. The summed E-state index contributed by atoms with van der Waals surface area (Å²) in [5.41, 5.74) is 0. The van der Waals surface area contributed by atoms with E-state index in [0.717, 1.165) is 44.1 Å². The van der Waals surface area contributed by atoms with Gasteiger partial charge in [-0.25, -0.2) is 0 Å². The molecular weight excluding hydrogens is 238 g/mol. The summed E-state index contributed by atoms with van der Waals surface area (Å²) in [5, 5.41) is 3.74. The second-order valence-corrected chi connectivity index (χ2v) is 6.49. The largest absolute Gasteiger partial charge is 0.376 e. The van der Waals surface area contributed by atoms with Crippen molar-refractivity contribution >= 4 is 0 Å². The summed E-state index contributed by atoms with van der Waals surface area (Å²) >= 11 is 0. The van der Waals surface area contributed by atoms with E-state index in [1.807, 2.05) is 0 Å². The van der Waals surface area contributed by atoms with Crippen LogP contribution in [0.4, 0.5) is 0 Å². The smallest absolute Gasteiger partial charge is 0.0964 e. The summed E-state index contributed by atoms with van der Waals surface area (Å²) in [7, 11) is 0. The maximum absolute atomic E-state index is 5.96. The van der Waals surface area contributed by atoms with Crippen molar-refractivity contribution in [2.45, 2.75) is 58.6 Å². The van der Waals surface area contributed by atoms with E-state index in [1.54, 1.807) is 0 Å². The van der Waals surface area contributed by atoms with E-state index in [0.29, 0.717) is 6.04 Å². The second kappa shape index (κ2) is 7.61. The van der Waals surface area contributed by atoms with Crippen LogP contribution in [0.1, 0.15) is 46.5 Å². The summed E-state index contributed by atoms with van der Waals surface area (Å²) in [6, 6.07) is 0.482. The lowest BCUT2D eigenvalue weighted by Gasteiger charge is -2.41. The maximum Gasteiger partial charge on any atom is 0.0964 e.